The molecule has 5 heteroatoms. The molecule has 1 aliphatic heterocycles. The third kappa shape index (κ3) is 1.91. The normalized spacial score (nSPS) is 36.4. The van der Waals surface area contributed by atoms with Crippen LogP contribution in [0, 0.1) is 0 Å². The maximum Gasteiger partial charge on any atom is 0.159 e. The van der Waals surface area contributed by atoms with E-state index in [0.29, 0.717) is 0 Å². The van der Waals surface area contributed by atoms with Crippen LogP contribution in [0.1, 0.15) is 0 Å². The van der Waals surface area contributed by atoms with Crippen molar-refractivity contribution in [2.75, 3.05) is 25.6 Å². The highest BCUT2D eigenvalue weighted by atomic mass is 32.2. The maximum absolute atomic E-state index is 11.0. The van der Waals surface area contributed by atoms with Crippen LogP contribution in [0.3, 0.4) is 0 Å². The Morgan fingerprint density at radius 3 is 2.09 bits per heavy atom. The number of quaternary nitrogens is 1. The van der Waals surface area contributed by atoms with Gasteiger partial charge in [-0.25, -0.2) is 8.42 Å². The van der Waals surface area contributed by atoms with Crippen molar-refractivity contribution in [1.29, 1.82) is 0 Å². The van der Waals surface area contributed by atoms with Crippen molar-refractivity contribution >= 4 is 9.84 Å². The topological polar surface area (TPSA) is 58.8 Å². The minimum Gasteiger partial charge on any atom is -0.386 e. The molecule has 0 aromatic rings. The third-order valence-corrected chi connectivity index (χ3v) is 3.78. The van der Waals surface area contributed by atoms with Gasteiger partial charge in [0.25, 0.3) is 0 Å². The molecule has 2 N–H and O–H groups in total. The fourth-order valence-corrected chi connectivity index (χ4v) is 3.37. The summed E-state index contributed by atoms with van der Waals surface area (Å²) < 4.78 is 22.0. The molecule has 11 heavy (non-hydrogen) atoms. The van der Waals surface area contributed by atoms with Crippen molar-refractivity contribution < 1.29 is 18.4 Å². The van der Waals surface area contributed by atoms with Gasteiger partial charge in [-0.3, -0.25) is 0 Å². The van der Waals surface area contributed by atoms with Gasteiger partial charge >= 0.3 is 0 Å². The van der Waals surface area contributed by atoms with Gasteiger partial charge in [-0.2, -0.15) is 0 Å². The van der Waals surface area contributed by atoms with Gasteiger partial charge in [0.05, 0.1) is 19.8 Å². The Morgan fingerprint density at radius 1 is 1.36 bits per heavy atom. The smallest absolute Gasteiger partial charge is 0.159 e. The highest BCUT2D eigenvalue weighted by molar-refractivity contribution is 7.91. The molecule has 1 heterocycles. The second kappa shape index (κ2) is 2.73. The second-order valence-electron chi connectivity index (χ2n) is 3.33. The van der Waals surface area contributed by atoms with E-state index in [1.54, 1.807) is 0 Å². The molecule has 4 nitrogen and oxygen atoms in total. The highest BCUT2D eigenvalue weighted by Crippen LogP contribution is 2.09. The van der Waals surface area contributed by atoms with Gasteiger partial charge in [0, 0.05) is 0 Å². The Bertz CT molecular complexity index is 234. The standard InChI is InChI=1S/C6H13NO3S/c1-7(2)5-3-11(9,10)4-6(5)8/h5-6,8H,3-4H2,1-2H3/p+1/t5-,6+/m0/s1. The fraction of sp³-hybridized carbons (Fsp3) is 1.00. The van der Waals surface area contributed by atoms with E-state index in [0.717, 1.165) is 4.90 Å². The zero-order valence-electron chi connectivity index (χ0n) is 6.74. The van der Waals surface area contributed by atoms with Crippen LogP contribution in [0.25, 0.3) is 0 Å². The van der Waals surface area contributed by atoms with Gasteiger partial charge in [-0.05, 0) is 0 Å². The Labute approximate surface area is 66.7 Å². The van der Waals surface area contributed by atoms with Crippen molar-refractivity contribution in [2.45, 2.75) is 12.1 Å². The summed E-state index contributed by atoms with van der Waals surface area (Å²) in [5.41, 5.74) is 0. The monoisotopic (exact) mass is 180 g/mol. The van der Waals surface area contributed by atoms with Gasteiger partial charge in [0.1, 0.15) is 17.9 Å². The van der Waals surface area contributed by atoms with Crippen molar-refractivity contribution in [3.63, 3.8) is 0 Å². The van der Waals surface area contributed by atoms with E-state index in [4.69, 9.17) is 0 Å². The molecule has 0 saturated carbocycles. The molecule has 1 aliphatic rings. The minimum atomic E-state index is -2.96. The number of aliphatic hydroxyl groups is 1. The van der Waals surface area contributed by atoms with Crippen molar-refractivity contribution in [3.05, 3.63) is 0 Å². The first kappa shape index (κ1) is 8.96. The van der Waals surface area contributed by atoms with Crippen LogP contribution in [0.2, 0.25) is 0 Å². The molecule has 66 valence electrons. The number of sulfone groups is 1. The van der Waals surface area contributed by atoms with E-state index in [9.17, 15) is 13.5 Å². The highest BCUT2D eigenvalue weighted by Gasteiger charge is 2.40. The number of hydrogen-bond donors (Lipinski definition) is 2. The minimum absolute atomic E-state index is 0.0666. The lowest BCUT2D eigenvalue weighted by Crippen LogP contribution is -3.11. The molecule has 1 saturated heterocycles. The Morgan fingerprint density at radius 2 is 1.91 bits per heavy atom. The zero-order chi connectivity index (χ0) is 8.65. The van der Waals surface area contributed by atoms with Gasteiger partial charge in [-0.1, -0.05) is 0 Å². The van der Waals surface area contributed by atoms with E-state index >= 15 is 0 Å². The number of likely N-dealkylation sites (N-methyl/N-ethyl adjacent to an activating group) is 1. The first-order valence-electron chi connectivity index (χ1n) is 3.61. The molecule has 0 radical (unpaired) electrons. The van der Waals surface area contributed by atoms with E-state index < -0.39 is 15.9 Å². The fourth-order valence-electron chi connectivity index (χ4n) is 1.38. The van der Waals surface area contributed by atoms with Crippen LogP contribution < -0.4 is 4.90 Å². The van der Waals surface area contributed by atoms with Crippen LogP contribution in [-0.2, 0) is 9.84 Å². The molecule has 1 fully saturated rings. The Hall–Kier alpha value is -0.130. The second-order valence-corrected chi connectivity index (χ2v) is 5.48. The molecule has 1 rings (SSSR count). The molecular formula is C6H14NO3S+. The SMILES string of the molecule is C[NH+](C)[C@H]1CS(=O)(=O)C[C@H]1O. The van der Waals surface area contributed by atoms with E-state index in [-0.39, 0.29) is 17.5 Å². The summed E-state index contributed by atoms with van der Waals surface area (Å²) in [6.07, 6.45) is -0.676. The predicted octanol–water partition coefficient (Wildman–Crippen LogP) is -2.71. The summed E-state index contributed by atoms with van der Waals surface area (Å²) >= 11 is 0. The molecule has 0 aromatic heterocycles. The molecule has 0 aliphatic carbocycles. The van der Waals surface area contributed by atoms with Gasteiger partial charge in [0.15, 0.2) is 9.84 Å². The summed E-state index contributed by atoms with van der Waals surface area (Å²) in [7, 11) is 0.751. The third-order valence-electron chi connectivity index (χ3n) is 2.06. The van der Waals surface area contributed by atoms with Crippen LogP contribution in [0.5, 0.6) is 0 Å². The summed E-state index contributed by atoms with van der Waals surface area (Å²) in [5.74, 6) is 0.0549. The number of aliphatic hydroxyl groups excluding tert-OH is 1. The van der Waals surface area contributed by atoms with E-state index in [1.807, 2.05) is 14.1 Å². The van der Waals surface area contributed by atoms with Crippen LogP contribution >= 0.6 is 0 Å². The maximum atomic E-state index is 11.0. The number of hydrogen-bond acceptors (Lipinski definition) is 3. The molecule has 0 bridgehead atoms. The van der Waals surface area contributed by atoms with Gasteiger partial charge in [-0.15, -0.1) is 0 Å². The van der Waals surface area contributed by atoms with Gasteiger partial charge in [0.2, 0.25) is 0 Å². The summed E-state index contributed by atoms with van der Waals surface area (Å²) in [4.78, 5) is 0.999. The summed E-state index contributed by atoms with van der Waals surface area (Å²) in [6.45, 7) is 0. The molecule has 0 spiro atoms. The summed E-state index contributed by atoms with van der Waals surface area (Å²) in [6, 6.07) is -0.139. The predicted molar refractivity (Wildman–Crippen MR) is 41.3 cm³/mol. The summed E-state index contributed by atoms with van der Waals surface area (Å²) in [5, 5.41) is 9.29. The zero-order valence-corrected chi connectivity index (χ0v) is 7.56. The van der Waals surface area contributed by atoms with Crippen molar-refractivity contribution in [1.82, 2.24) is 0 Å². The van der Waals surface area contributed by atoms with Crippen molar-refractivity contribution in [3.8, 4) is 0 Å². The lowest BCUT2D eigenvalue weighted by molar-refractivity contribution is -0.885. The van der Waals surface area contributed by atoms with E-state index in [2.05, 4.69) is 0 Å². The average Bonchev–Trinajstić information content (AvgIpc) is 2.05. The average molecular weight is 180 g/mol. The first-order valence-corrected chi connectivity index (χ1v) is 5.43. The molecule has 0 amide bonds. The lowest BCUT2D eigenvalue weighted by atomic mass is 10.2. The Kier molecular flexibility index (Phi) is 2.22. The quantitative estimate of drug-likeness (QED) is 0.461. The van der Waals surface area contributed by atoms with Crippen LogP contribution in [0.15, 0.2) is 0 Å². The molecule has 0 aromatic carbocycles. The first-order chi connectivity index (χ1) is 4.92. The molecule has 0 unspecified atom stereocenters. The van der Waals surface area contributed by atoms with E-state index in [1.165, 1.54) is 0 Å². The number of rotatable bonds is 1. The van der Waals surface area contributed by atoms with Crippen LogP contribution in [-0.4, -0.2) is 51.3 Å². The van der Waals surface area contributed by atoms with Crippen molar-refractivity contribution in [2.24, 2.45) is 0 Å². The Balaban J connectivity index is 2.75. The lowest BCUT2D eigenvalue weighted by Gasteiger charge is -2.17. The molecule has 2 atom stereocenters. The largest absolute Gasteiger partial charge is 0.386 e. The number of nitrogens with one attached hydrogen (secondary N) is 1. The van der Waals surface area contributed by atoms with Gasteiger partial charge < -0.3 is 10.0 Å². The van der Waals surface area contributed by atoms with Crippen LogP contribution in [0.4, 0.5) is 0 Å². The molecular weight excluding hydrogens is 166 g/mol.